The van der Waals surface area contributed by atoms with Crippen molar-refractivity contribution in [3.8, 4) is 0 Å². The van der Waals surface area contributed by atoms with Gasteiger partial charge in [-0.05, 0) is 25.2 Å². The lowest BCUT2D eigenvalue weighted by Gasteiger charge is -2.44. The predicted octanol–water partition coefficient (Wildman–Crippen LogP) is 0.668. The molecule has 0 saturated carbocycles. The van der Waals surface area contributed by atoms with Crippen molar-refractivity contribution < 1.29 is 14.3 Å². The van der Waals surface area contributed by atoms with Crippen LogP contribution < -0.4 is 0 Å². The van der Waals surface area contributed by atoms with E-state index in [0.29, 0.717) is 11.8 Å². The first-order valence-electron chi connectivity index (χ1n) is 8.62. The Morgan fingerprint density at radius 2 is 1.70 bits per heavy atom. The summed E-state index contributed by atoms with van der Waals surface area (Å²) >= 11 is 0. The standard InChI is InChI=1S/C17H31N3O3/c1-12-6-13(2)8-20(7-12)17(22)14(3)19-9-15(10-19)23-11-16(21)18(4)5/h12-15H,6-11H2,1-5H3/t12-,13-,14+/m1/s1. The Morgan fingerprint density at radius 3 is 2.22 bits per heavy atom. The van der Waals surface area contributed by atoms with Gasteiger partial charge in [0.2, 0.25) is 11.8 Å². The zero-order valence-corrected chi connectivity index (χ0v) is 15.1. The van der Waals surface area contributed by atoms with Crippen molar-refractivity contribution in [2.24, 2.45) is 11.8 Å². The second-order valence-corrected chi connectivity index (χ2v) is 7.54. The highest BCUT2D eigenvalue weighted by molar-refractivity contribution is 5.81. The summed E-state index contributed by atoms with van der Waals surface area (Å²) in [4.78, 5) is 29.9. The fraction of sp³-hybridized carbons (Fsp3) is 0.882. The summed E-state index contributed by atoms with van der Waals surface area (Å²) in [6.07, 6.45) is 1.27. The fourth-order valence-corrected chi connectivity index (χ4v) is 3.47. The lowest BCUT2D eigenvalue weighted by atomic mass is 9.91. The van der Waals surface area contributed by atoms with Gasteiger partial charge in [-0.3, -0.25) is 14.5 Å². The Morgan fingerprint density at radius 1 is 1.13 bits per heavy atom. The van der Waals surface area contributed by atoms with Gasteiger partial charge in [-0.2, -0.15) is 0 Å². The minimum atomic E-state index is -0.100. The number of nitrogens with zero attached hydrogens (tertiary/aromatic N) is 3. The third-order valence-electron chi connectivity index (χ3n) is 4.90. The van der Waals surface area contributed by atoms with E-state index in [1.54, 1.807) is 14.1 Å². The molecule has 2 fully saturated rings. The number of hydrogen-bond acceptors (Lipinski definition) is 4. The van der Waals surface area contributed by atoms with Crippen LogP contribution in [0.1, 0.15) is 27.2 Å². The topological polar surface area (TPSA) is 53.1 Å². The Balaban J connectivity index is 1.74. The summed E-state index contributed by atoms with van der Waals surface area (Å²) in [7, 11) is 3.44. The molecule has 0 aromatic carbocycles. The predicted molar refractivity (Wildman–Crippen MR) is 89.0 cm³/mol. The number of rotatable bonds is 5. The molecule has 2 rings (SSSR count). The molecule has 0 radical (unpaired) electrons. The van der Waals surface area contributed by atoms with Crippen LogP contribution >= 0.6 is 0 Å². The molecule has 2 amide bonds. The molecule has 3 atom stereocenters. The molecule has 132 valence electrons. The van der Waals surface area contributed by atoms with Gasteiger partial charge in [-0.25, -0.2) is 0 Å². The maximum Gasteiger partial charge on any atom is 0.248 e. The van der Waals surface area contributed by atoms with E-state index in [9.17, 15) is 9.59 Å². The van der Waals surface area contributed by atoms with Crippen molar-refractivity contribution in [3.05, 3.63) is 0 Å². The van der Waals surface area contributed by atoms with E-state index in [0.717, 1.165) is 26.2 Å². The number of likely N-dealkylation sites (N-methyl/N-ethyl adjacent to an activating group) is 1. The SMILES string of the molecule is C[C@@H]1C[C@@H](C)CN(C(=O)[C@H](C)N2CC(OCC(=O)N(C)C)C2)C1. The number of carbonyl (C=O) groups excluding carboxylic acids is 2. The van der Waals surface area contributed by atoms with Crippen molar-refractivity contribution in [1.29, 1.82) is 0 Å². The van der Waals surface area contributed by atoms with E-state index in [1.807, 2.05) is 11.8 Å². The lowest BCUT2D eigenvalue weighted by Crippen LogP contribution is -2.61. The molecule has 0 aromatic heterocycles. The van der Waals surface area contributed by atoms with Crippen LogP contribution in [-0.2, 0) is 14.3 Å². The average molecular weight is 325 g/mol. The second kappa shape index (κ2) is 7.62. The number of carbonyl (C=O) groups is 2. The third-order valence-corrected chi connectivity index (χ3v) is 4.90. The Bertz CT molecular complexity index is 425. The first-order valence-corrected chi connectivity index (χ1v) is 8.62. The van der Waals surface area contributed by atoms with Gasteiger partial charge in [0.1, 0.15) is 6.61 Å². The first-order chi connectivity index (χ1) is 10.8. The smallest absolute Gasteiger partial charge is 0.248 e. The number of likely N-dealkylation sites (tertiary alicyclic amines) is 2. The van der Waals surface area contributed by atoms with E-state index >= 15 is 0 Å². The Kier molecular flexibility index (Phi) is 6.03. The van der Waals surface area contributed by atoms with Crippen LogP contribution in [0.15, 0.2) is 0 Å². The highest BCUT2D eigenvalue weighted by Gasteiger charge is 2.37. The molecule has 2 saturated heterocycles. The van der Waals surface area contributed by atoms with Gasteiger partial charge in [-0.1, -0.05) is 13.8 Å². The van der Waals surface area contributed by atoms with Crippen LogP contribution in [-0.4, -0.2) is 85.5 Å². The van der Waals surface area contributed by atoms with Gasteiger partial charge < -0.3 is 14.5 Å². The van der Waals surface area contributed by atoms with E-state index in [4.69, 9.17) is 4.74 Å². The Hall–Kier alpha value is -1.14. The summed E-state index contributed by atoms with van der Waals surface area (Å²) in [5.41, 5.74) is 0. The summed E-state index contributed by atoms with van der Waals surface area (Å²) < 4.78 is 5.58. The van der Waals surface area contributed by atoms with E-state index in [-0.39, 0.29) is 30.6 Å². The van der Waals surface area contributed by atoms with Crippen molar-refractivity contribution in [2.45, 2.75) is 39.3 Å². The summed E-state index contributed by atoms with van der Waals surface area (Å²) in [6.45, 7) is 9.74. The lowest BCUT2D eigenvalue weighted by molar-refractivity contribution is -0.150. The maximum atomic E-state index is 12.7. The highest BCUT2D eigenvalue weighted by Crippen LogP contribution is 2.23. The van der Waals surface area contributed by atoms with Crippen molar-refractivity contribution in [2.75, 3.05) is 46.9 Å². The second-order valence-electron chi connectivity index (χ2n) is 7.54. The van der Waals surface area contributed by atoms with Crippen molar-refractivity contribution >= 4 is 11.8 Å². The molecule has 0 spiro atoms. The molecule has 0 aromatic rings. The molecule has 2 heterocycles. The number of amides is 2. The highest BCUT2D eigenvalue weighted by atomic mass is 16.5. The molecule has 6 heteroatoms. The van der Waals surface area contributed by atoms with Gasteiger partial charge in [0.25, 0.3) is 0 Å². The number of piperidine rings is 1. The molecule has 2 aliphatic rings. The summed E-state index contributed by atoms with van der Waals surface area (Å²) in [6, 6.07) is -0.100. The van der Waals surface area contributed by atoms with Crippen LogP contribution in [0.25, 0.3) is 0 Å². The molecule has 2 aliphatic heterocycles. The van der Waals surface area contributed by atoms with Gasteiger partial charge in [0.05, 0.1) is 12.1 Å². The zero-order valence-electron chi connectivity index (χ0n) is 15.1. The minimum Gasteiger partial charge on any atom is -0.366 e. The fourth-order valence-electron chi connectivity index (χ4n) is 3.47. The molecule has 0 N–H and O–H groups in total. The summed E-state index contributed by atoms with van der Waals surface area (Å²) in [5, 5.41) is 0. The third kappa shape index (κ3) is 4.67. The molecular weight excluding hydrogens is 294 g/mol. The van der Waals surface area contributed by atoms with E-state index in [2.05, 4.69) is 18.7 Å². The minimum absolute atomic E-state index is 0.0242. The number of hydrogen-bond donors (Lipinski definition) is 0. The molecular formula is C17H31N3O3. The van der Waals surface area contributed by atoms with Crippen molar-refractivity contribution in [3.63, 3.8) is 0 Å². The largest absolute Gasteiger partial charge is 0.366 e. The molecule has 6 nitrogen and oxygen atoms in total. The zero-order chi connectivity index (χ0) is 17.1. The van der Waals surface area contributed by atoms with E-state index < -0.39 is 0 Å². The molecule has 0 bridgehead atoms. The van der Waals surface area contributed by atoms with Gasteiger partial charge >= 0.3 is 0 Å². The number of ether oxygens (including phenoxy) is 1. The van der Waals surface area contributed by atoms with Crippen LogP contribution in [0, 0.1) is 11.8 Å². The van der Waals surface area contributed by atoms with Gasteiger partial charge in [0.15, 0.2) is 0 Å². The first kappa shape index (κ1) is 18.2. The molecule has 0 unspecified atom stereocenters. The Labute approximate surface area is 139 Å². The quantitative estimate of drug-likeness (QED) is 0.745. The molecule has 0 aliphatic carbocycles. The van der Waals surface area contributed by atoms with Crippen LogP contribution in [0.3, 0.4) is 0 Å². The van der Waals surface area contributed by atoms with Crippen LogP contribution in [0.5, 0.6) is 0 Å². The van der Waals surface area contributed by atoms with Crippen molar-refractivity contribution in [1.82, 2.24) is 14.7 Å². The monoisotopic (exact) mass is 325 g/mol. The van der Waals surface area contributed by atoms with Gasteiger partial charge in [0, 0.05) is 40.3 Å². The average Bonchev–Trinajstić information content (AvgIpc) is 2.42. The maximum absolute atomic E-state index is 12.7. The van der Waals surface area contributed by atoms with Gasteiger partial charge in [-0.15, -0.1) is 0 Å². The van der Waals surface area contributed by atoms with Crippen LogP contribution in [0.4, 0.5) is 0 Å². The molecule has 23 heavy (non-hydrogen) atoms. The van der Waals surface area contributed by atoms with Crippen LogP contribution in [0.2, 0.25) is 0 Å². The van der Waals surface area contributed by atoms with E-state index in [1.165, 1.54) is 11.3 Å². The summed E-state index contributed by atoms with van der Waals surface area (Å²) in [5.74, 6) is 1.37. The normalized spacial score (nSPS) is 27.4.